The van der Waals surface area contributed by atoms with E-state index in [0.29, 0.717) is 17.7 Å². The van der Waals surface area contributed by atoms with Crippen molar-refractivity contribution < 1.29 is 4.42 Å². The summed E-state index contributed by atoms with van der Waals surface area (Å²) in [7, 11) is 0. The van der Waals surface area contributed by atoms with Crippen molar-refractivity contribution in [3.63, 3.8) is 0 Å². The number of fused-ring (bicyclic) bond motifs is 1. The van der Waals surface area contributed by atoms with Crippen LogP contribution in [0.3, 0.4) is 0 Å². The van der Waals surface area contributed by atoms with Gasteiger partial charge in [0.05, 0.1) is 5.69 Å². The van der Waals surface area contributed by atoms with Crippen LogP contribution >= 0.6 is 0 Å². The first-order valence-electron chi connectivity index (χ1n) is 9.36. The Labute approximate surface area is 159 Å². The van der Waals surface area contributed by atoms with Crippen LogP contribution in [0.4, 0.5) is 0 Å². The maximum absolute atomic E-state index is 5.71. The molecule has 2 aromatic carbocycles. The topological polar surface area (TPSA) is 56.7 Å². The summed E-state index contributed by atoms with van der Waals surface area (Å²) in [6.45, 7) is 10.7. The van der Waals surface area contributed by atoms with Gasteiger partial charge < -0.3 is 4.42 Å². The van der Waals surface area contributed by atoms with Crippen LogP contribution in [-0.2, 0) is 0 Å². The Balaban J connectivity index is 1.94. The van der Waals surface area contributed by atoms with Gasteiger partial charge in [-0.1, -0.05) is 45.9 Å². The van der Waals surface area contributed by atoms with Crippen LogP contribution in [0.1, 0.15) is 56.5 Å². The van der Waals surface area contributed by atoms with E-state index in [4.69, 9.17) is 4.42 Å². The predicted molar refractivity (Wildman–Crippen MR) is 107 cm³/mol. The van der Waals surface area contributed by atoms with Crippen molar-refractivity contribution in [1.82, 2.24) is 19.7 Å². The molecule has 138 valence electrons. The quantitative estimate of drug-likeness (QED) is 0.473. The van der Waals surface area contributed by atoms with E-state index in [0.717, 1.165) is 28.2 Å². The second-order valence-corrected chi connectivity index (χ2v) is 7.51. The van der Waals surface area contributed by atoms with E-state index in [1.165, 1.54) is 11.1 Å². The van der Waals surface area contributed by atoms with Crippen molar-refractivity contribution in [3.05, 3.63) is 59.7 Å². The summed E-state index contributed by atoms with van der Waals surface area (Å²) in [5.74, 6) is 2.24. The molecule has 0 aliphatic rings. The van der Waals surface area contributed by atoms with Crippen LogP contribution < -0.4 is 0 Å². The Bertz CT molecular complexity index is 1080. The SMILES string of the molecule is Cc1nc2ccc(-c3ncnn3-c3c(C(C)C)cccc3C(C)C)cc2o1. The van der Waals surface area contributed by atoms with E-state index in [9.17, 15) is 0 Å². The normalized spacial score (nSPS) is 11.8. The second-order valence-electron chi connectivity index (χ2n) is 7.51. The van der Waals surface area contributed by atoms with Gasteiger partial charge >= 0.3 is 0 Å². The number of hydrogen-bond donors (Lipinski definition) is 0. The minimum Gasteiger partial charge on any atom is -0.441 e. The van der Waals surface area contributed by atoms with Crippen LogP contribution in [0.2, 0.25) is 0 Å². The van der Waals surface area contributed by atoms with Crippen LogP contribution in [-0.4, -0.2) is 19.7 Å². The maximum atomic E-state index is 5.71. The number of aromatic nitrogens is 4. The Kier molecular flexibility index (Phi) is 4.30. The third kappa shape index (κ3) is 3.03. The molecule has 5 heteroatoms. The Hall–Kier alpha value is -2.95. The summed E-state index contributed by atoms with van der Waals surface area (Å²) in [6, 6.07) is 12.5. The van der Waals surface area contributed by atoms with E-state index in [1.807, 2.05) is 29.8 Å². The molecule has 0 fully saturated rings. The molecule has 2 aromatic heterocycles. The van der Waals surface area contributed by atoms with Gasteiger partial charge in [0, 0.05) is 12.5 Å². The molecule has 0 bridgehead atoms. The van der Waals surface area contributed by atoms with E-state index in [1.54, 1.807) is 6.33 Å². The fraction of sp³-hybridized carbons (Fsp3) is 0.318. The first-order valence-corrected chi connectivity index (χ1v) is 9.36. The van der Waals surface area contributed by atoms with Gasteiger partial charge in [0.2, 0.25) is 0 Å². The molecule has 27 heavy (non-hydrogen) atoms. The number of para-hydroxylation sites is 1. The first-order chi connectivity index (χ1) is 13.0. The van der Waals surface area contributed by atoms with E-state index in [-0.39, 0.29) is 0 Å². The zero-order valence-electron chi connectivity index (χ0n) is 16.4. The van der Waals surface area contributed by atoms with Crippen LogP contribution in [0.5, 0.6) is 0 Å². The molecule has 0 atom stereocenters. The minimum atomic E-state index is 0.384. The number of hydrogen-bond acceptors (Lipinski definition) is 4. The van der Waals surface area contributed by atoms with Gasteiger partial charge in [-0.15, -0.1) is 0 Å². The fourth-order valence-corrected chi connectivity index (χ4v) is 3.54. The Morgan fingerprint density at radius 3 is 2.33 bits per heavy atom. The molecule has 0 unspecified atom stereocenters. The lowest BCUT2D eigenvalue weighted by Gasteiger charge is -2.20. The van der Waals surface area contributed by atoms with Gasteiger partial charge in [-0.25, -0.2) is 14.6 Å². The largest absolute Gasteiger partial charge is 0.441 e. The van der Waals surface area contributed by atoms with Crippen molar-refractivity contribution in [2.24, 2.45) is 0 Å². The highest BCUT2D eigenvalue weighted by Crippen LogP contribution is 2.33. The van der Waals surface area contributed by atoms with Gasteiger partial charge in [0.15, 0.2) is 17.3 Å². The molecular formula is C22H24N4O. The van der Waals surface area contributed by atoms with Gasteiger partial charge in [-0.2, -0.15) is 5.10 Å². The Morgan fingerprint density at radius 2 is 1.67 bits per heavy atom. The van der Waals surface area contributed by atoms with Gasteiger partial charge in [0.1, 0.15) is 11.8 Å². The molecule has 2 heterocycles. The lowest BCUT2D eigenvalue weighted by Crippen LogP contribution is -2.09. The molecule has 4 aromatic rings. The molecule has 0 spiro atoms. The van der Waals surface area contributed by atoms with E-state index >= 15 is 0 Å². The molecule has 5 nitrogen and oxygen atoms in total. The zero-order chi connectivity index (χ0) is 19.1. The molecule has 0 aliphatic carbocycles. The van der Waals surface area contributed by atoms with E-state index < -0.39 is 0 Å². The molecule has 0 saturated carbocycles. The zero-order valence-corrected chi connectivity index (χ0v) is 16.4. The summed E-state index contributed by atoms with van der Waals surface area (Å²) < 4.78 is 7.67. The van der Waals surface area contributed by atoms with Crippen molar-refractivity contribution >= 4 is 11.1 Å². The predicted octanol–water partition coefficient (Wildman–Crippen LogP) is 5.63. The molecule has 0 aliphatic heterocycles. The summed E-state index contributed by atoms with van der Waals surface area (Å²) in [5, 5.41) is 4.59. The number of nitrogens with zero attached hydrogens (tertiary/aromatic N) is 4. The lowest BCUT2D eigenvalue weighted by molar-refractivity contribution is 0.561. The summed E-state index contributed by atoms with van der Waals surface area (Å²) in [4.78, 5) is 8.95. The summed E-state index contributed by atoms with van der Waals surface area (Å²) in [6.07, 6.45) is 1.62. The average molecular weight is 360 g/mol. The lowest BCUT2D eigenvalue weighted by atomic mass is 9.92. The average Bonchev–Trinajstić information content (AvgIpc) is 3.25. The third-order valence-electron chi connectivity index (χ3n) is 4.86. The van der Waals surface area contributed by atoms with Crippen molar-refractivity contribution in [3.8, 4) is 17.1 Å². The molecular weight excluding hydrogens is 336 g/mol. The molecule has 0 amide bonds. The highest BCUT2D eigenvalue weighted by atomic mass is 16.3. The van der Waals surface area contributed by atoms with E-state index in [2.05, 4.69) is 61.0 Å². The molecule has 0 saturated heterocycles. The second kappa shape index (κ2) is 6.65. The van der Waals surface area contributed by atoms with Gasteiger partial charge in [0.25, 0.3) is 0 Å². The van der Waals surface area contributed by atoms with Crippen LogP contribution in [0.15, 0.2) is 47.1 Å². The summed E-state index contributed by atoms with van der Waals surface area (Å²) in [5.41, 5.74) is 6.25. The fourth-order valence-electron chi connectivity index (χ4n) is 3.54. The van der Waals surface area contributed by atoms with Crippen molar-refractivity contribution in [2.45, 2.75) is 46.5 Å². The maximum Gasteiger partial charge on any atom is 0.192 e. The monoisotopic (exact) mass is 360 g/mol. The van der Waals surface area contributed by atoms with Crippen LogP contribution in [0.25, 0.3) is 28.2 Å². The smallest absolute Gasteiger partial charge is 0.192 e. The summed E-state index contributed by atoms with van der Waals surface area (Å²) >= 11 is 0. The number of oxazole rings is 1. The first kappa shape index (κ1) is 17.5. The van der Waals surface area contributed by atoms with Gasteiger partial charge in [-0.3, -0.25) is 0 Å². The molecule has 4 rings (SSSR count). The van der Waals surface area contributed by atoms with Crippen LogP contribution in [0, 0.1) is 6.92 Å². The third-order valence-corrected chi connectivity index (χ3v) is 4.86. The highest BCUT2D eigenvalue weighted by molar-refractivity contribution is 5.79. The Morgan fingerprint density at radius 1 is 0.963 bits per heavy atom. The molecule has 0 radical (unpaired) electrons. The minimum absolute atomic E-state index is 0.384. The van der Waals surface area contributed by atoms with Crippen molar-refractivity contribution in [1.29, 1.82) is 0 Å². The van der Waals surface area contributed by atoms with Gasteiger partial charge in [-0.05, 0) is 41.2 Å². The highest BCUT2D eigenvalue weighted by Gasteiger charge is 2.20. The number of aryl methyl sites for hydroxylation is 1. The number of rotatable bonds is 4. The number of benzene rings is 2. The molecule has 0 N–H and O–H groups in total. The standard InChI is InChI=1S/C22H24N4O/c1-13(2)17-7-6-8-18(14(3)4)21(17)26-22(23-12-24-26)16-9-10-19-20(11-16)27-15(5)25-19/h6-14H,1-5H3. The van der Waals surface area contributed by atoms with Crippen molar-refractivity contribution in [2.75, 3.05) is 0 Å².